The van der Waals surface area contributed by atoms with Crippen molar-refractivity contribution >= 4 is 29.1 Å². The molecular formula is C31H35NO5. The van der Waals surface area contributed by atoms with Crippen molar-refractivity contribution in [1.82, 2.24) is 4.98 Å². The molecule has 6 unspecified atom stereocenters. The third kappa shape index (κ3) is 2.93. The summed E-state index contributed by atoms with van der Waals surface area (Å²) in [6.45, 7) is 6.46. The lowest BCUT2D eigenvalue weighted by Crippen LogP contribution is -2.62. The van der Waals surface area contributed by atoms with Crippen LogP contribution in [0.5, 0.6) is 0 Å². The average molecular weight is 502 g/mol. The molecule has 194 valence electrons. The Hall–Kier alpha value is -3.02. The number of para-hydroxylation sites is 1. The number of hydrogen-bond donors (Lipinski definition) is 1. The lowest BCUT2D eigenvalue weighted by molar-refractivity contribution is -0.181. The number of aromatic nitrogens is 1. The van der Waals surface area contributed by atoms with Gasteiger partial charge < -0.3 is 14.6 Å². The third-order valence-corrected chi connectivity index (χ3v) is 10.7. The number of aliphatic carboxylic acids is 1. The summed E-state index contributed by atoms with van der Waals surface area (Å²) in [6, 6.07) is 9.38. The van der Waals surface area contributed by atoms with Crippen LogP contribution in [0, 0.1) is 45.8 Å². The number of nitrogens with zero attached hydrogens (tertiary/aromatic N) is 1. The smallest absolute Gasteiger partial charge is 0.339 e. The SMILES string of the molecule is CC(C)C1=CC2CC3(C=O)C4CC[C@@H](C)C4CC2(CCOC(=O)c2cnc4ccccc4c2)C13C(=O)O. The minimum atomic E-state index is -1.23. The molecule has 0 aliphatic heterocycles. The van der Waals surface area contributed by atoms with Crippen LogP contribution in [0.2, 0.25) is 0 Å². The summed E-state index contributed by atoms with van der Waals surface area (Å²) < 4.78 is 5.79. The minimum absolute atomic E-state index is 0.00466. The standard InChI is InChI=1S/C31H35NO5/c1-18(2)25-13-22-14-30(17-33)24-9-8-19(3)23(24)15-29(22,31(25,30)28(35)36)10-11-37-27(34)21-12-20-6-4-5-7-26(20)32-16-21/h4-7,12-13,16-19,22-24H,8-11,14-15H2,1-3H3,(H,35,36)/t19-,22?,23?,24?,29?,30?,31?/m1/s1. The van der Waals surface area contributed by atoms with Crippen molar-refractivity contribution in [2.24, 2.45) is 45.8 Å². The number of carbonyl (C=O) groups excluding carboxylic acids is 2. The molecule has 3 fully saturated rings. The number of fused-ring (bicyclic) bond motifs is 3. The molecule has 0 amide bonds. The van der Waals surface area contributed by atoms with Crippen molar-refractivity contribution < 1.29 is 24.2 Å². The Morgan fingerprint density at radius 2 is 2.00 bits per heavy atom. The molecule has 0 spiro atoms. The monoisotopic (exact) mass is 501 g/mol. The highest BCUT2D eigenvalue weighted by atomic mass is 16.5. The first-order valence-corrected chi connectivity index (χ1v) is 13.7. The van der Waals surface area contributed by atoms with Crippen LogP contribution in [0.15, 0.2) is 48.2 Å². The van der Waals surface area contributed by atoms with Crippen LogP contribution in [0.1, 0.15) is 63.2 Å². The molecule has 0 radical (unpaired) electrons. The third-order valence-electron chi connectivity index (χ3n) is 10.7. The van der Waals surface area contributed by atoms with E-state index in [4.69, 9.17) is 4.74 Å². The van der Waals surface area contributed by atoms with Crippen molar-refractivity contribution in [2.45, 2.75) is 52.9 Å². The molecule has 6 rings (SSSR count). The maximum Gasteiger partial charge on any atom is 0.339 e. The van der Waals surface area contributed by atoms with E-state index in [1.807, 2.05) is 38.1 Å². The maximum absolute atomic E-state index is 13.5. The maximum atomic E-state index is 13.5. The molecule has 0 saturated heterocycles. The number of esters is 1. The van der Waals surface area contributed by atoms with Gasteiger partial charge >= 0.3 is 11.9 Å². The Balaban J connectivity index is 1.35. The zero-order valence-corrected chi connectivity index (χ0v) is 21.8. The average Bonchev–Trinajstić information content (AvgIpc) is 3.45. The first-order chi connectivity index (χ1) is 17.7. The van der Waals surface area contributed by atoms with Gasteiger partial charge in [-0.2, -0.15) is 0 Å². The summed E-state index contributed by atoms with van der Waals surface area (Å²) in [5.74, 6) is -0.410. The van der Waals surface area contributed by atoms with E-state index in [2.05, 4.69) is 18.0 Å². The van der Waals surface area contributed by atoms with E-state index in [1.54, 1.807) is 6.07 Å². The Labute approximate surface area is 217 Å². The van der Waals surface area contributed by atoms with Gasteiger partial charge in [0.15, 0.2) is 0 Å². The summed E-state index contributed by atoms with van der Waals surface area (Å²) in [5.41, 5.74) is -0.647. The molecule has 6 heteroatoms. The van der Waals surface area contributed by atoms with Crippen molar-refractivity contribution in [3.63, 3.8) is 0 Å². The van der Waals surface area contributed by atoms with Gasteiger partial charge in [0.1, 0.15) is 11.7 Å². The van der Waals surface area contributed by atoms with Crippen LogP contribution < -0.4 is 0 Å². The van der Waals surface area contributed by atoms with E-state index in [1.165, 1.54) is 6.20 Å². The molecule has 6 nitrogen and oxygen atoms in total. The molecule has 4 aliphatic carbocycles. The first kappa shape index (κ1) is 24.3. The highest BCUT2D eigenvalue weighted by Crippen LogP contribution is 2.83. The van der Waals surface area contributed by atoms with Crippen LogP contribution in [0.3, 0.4) is 0 Å². The number of carbonyl (C=O) groups is 3. The van der Waals surface area contributed by atoms with Crippen LogP contribution >= 0.6 is 0 Å². The lowest BCUT2D eigenvalue weighted by atomic mass is 9.42. The molecule has 1 aromatic carbocycles. The number of allylic oxidation sites excluding steroid dienone is 1. The van der Waals surface area contributed by atoms with E-state index >= 15 is 0 Å². The van der Waals surface area contributed by atoms with Crippen LogP contribution in [-0.2, 0) is 14.3 Å². The van der Waals surface area contributed by atoms with E-state index in [0.717, 1.165) is 42.0 Å². The first-order valence-electron chi connectivity index (χ1n) is 13.7. The molecule has 1 aromatic heterocycles. The van der Waals surface area contributed by atoms with E-state index < -0.39 is 28.2 Å². The number of carboxylic acids is 1. The summed E-state index contributed by atoms with van der Waals surface area (Å²) >= 11 is 0. The fourth-order valence-corrected chi connectivity index (χ4v) is 9.43. The molecular weight excluding hydrogens is 466 g/mol. The van der Waals surface area contributed by atoms with Crippen molar-refractivity contribution in [2.75, 3.05) is 6.61 Å². The van der Waals surface area contributed by atoms with Gasteiger partial charge in [-0.15, -0.1) is 0 Å². The van der Waals surface area contributed by atoms with Crippen LogP contribution in [0.4, 0.5) is 0 Å². The zero-order chi connectivity index (χ0) is 26.2. The number of pyridine rings is 1. The highest BCUT2D eigenvalue weighted by molar-refractivity contribution is 5.94. The predicted molar refractivity (Wildman–Crippen MR) is 139 cm³/mol. The van der Waals surface area contributed by atoms with Crippen molar-refractivity contribution in [1.29, 1.82) is 0 Å². The van der Waals surface area contributed by atoms with Gasteiger partial charge in [-0.05, 0) is 67.4 Å². The number of carboxylic acid groups (broad SMARTS) is 1. The zero-order valence-electron chi connectivity index (χ0n) is 21.8. The lowest BCUT2D eigenvalue weighted by Gasteiger charge is -2.58. The molecule has 7 atom stereocenters. The van der Waals surface area contributed by atoms with Gasteiger partial charge in [-0.25, -0.2) is 4.79 Å². The summed E-state index contributed by atoms with van der Waals surface area (Å²) in [5, 5.41) is 11.9. The van der Waals surface area contributed by atoms with Gasteiger partial charge in [0.25, 0.3) is 0 Å². The Morgan fingerprint density at radius 1 is 1.22 bits per heavy atom. The molecule has 4 aliphatic rings. The van der Waals surface area contributed by atoms with Crippen molar-refractivity contribution in [3.05, 3.63) is 53.7 Å². The van der Waals surface area contributed by atoms with Gasteiger partial charge in [0.2, 0.25) is 0 Å². The van der Waals surface area contributed by atoms with Gasteiger partial charge in [-0.3, -0.25) is 9.78 Å². The second-order valence-electron chi connectivity index (χ2n) is 12.3. The number of hydrogen-bond acceptors (Lipinski definition) is 5. The minimum Gasteiger partial charge on any atom is -0.481 e. The second kappa shape index (κ2) is 8.24. The molecule has 1 N–H and O–H groups in total. The fourth-order valence-electron chi connectivity index (χ4n) is 9.43. The van der Waals surface area contributed by atoms with Crippen molar-refractivity contribution in [3.8, 4) is 0 Å². The summed E-state index contributed by atoms with van der Waals surface area (Å²) in [4.78, 5) is 43.9. The van der Waals surface area contributed by atoms with Gasteiger partial charge in [0.05, 0.1) is 23.1 Å². The summed E-state index contributed by atoms with van der Waals surface area (Å²) in [6.07, 6.45) is 8.50. The van der Waals surface area contributed by atoms with Crippen LogP contribution in [0.25, 0.3) is 10.9 Å². The Kier molecular flexibility index (Phi) is 5.42. The Bertz CT molecular complexity index is 1330. The summed E-state index contributed by atoms with van der Waals surface area (Å²) in [7, 11) is 0. The van der Waals surface area contributed by atoms with E-state index in [0.29, 0.717) is 30.2 Å². The molecule has 37 heavy (non-hydrogen) atoms. The highest BCUT2D eigenvalue weighted by Gasteiger charge is 2.83. The van der Waals surface area contributed by atoms with E-state index in [-0.39, 0.29) is 24.4 Å². The molecule has 2 aromatic rings. The van der Waals surface area contributed by atoms with Gasteiger partial charge in [-0.1, -0.05) is 57.0 Å². The van der Waals surface area contributed by atoms with Gasteiger partial charge in [0, 0.05) is 17.0 Å². The number of aldehydes is 1. The number of rotatable bonds is 7. The topological polar surface area (TPSA) is 93.6 Å². The molecule has 3 saturated carbocycles. The molecule has 1 heterocycles. The molecule has 4 bridgehead atoms. The normalized spacial score (nSPS) is 37.5. The van der Waals surface area contributed by atoms with E-state index in [9.17, 15) is 19.5 Å². The predicted octanol–water partition coefficient (Wildman–Crippen LogP) is 5.71. The quantitative estimate of drug-likeness (QED) is 0.297. The van der Waals surface area contributed by atoms with Crippen LogP contribution in [-0.4, -0.2) is 34.9 Å². The second-order valence-corrected chi connectivity index (χ2v) is 12.3. The Morgan fingerprint density at radius 3 is 2.73 bits per heavy atom. The largest absolute Gasteiger partial charge is 0.481 e. The number of ether oxygens (including phenoxy) is 1. The number of benzene rings is 1. The fraction of sp³-hybridized carbons (Fsp3) is 0.548.